The number of nitrogens with zero attached hydrogens (tertiary/aromatic N) is 1. The van der Waals surface area contributed by atoms with Gasteiger partial charge in [0.15, 0.2) is 5.58 Å². The lowest BCUT2D eigenvalue weighted by Gasteiger charge is -2.07. The predicted octanol–water partition coefficient (Wildman–Crippen LogP) is 2.94. The van der Waals surface area contributed by atoms with Crippen LogP contribution >= 0.6 is 0 Å². The van der Waals surface area contributed by atoms with Crippen molar-refractivity contribution in [3.63, 3.8) is 0 Å². The van der Waals surface area contributed by atoms with Gasteiger partial charge in [0.1, 0.15) is 5.69 Å². The maximum Gasteiger partial charge on any atom is 0.337 e. The van der Waals surface area contributed by atoms with Crippen molar-refractivity contribution < 1.29 is 18.8 Å². The van der Waals surface area contributed by atoms with Gasteiger partial charge in [-0.05, 0) is 36.4 Å². The molecule has 24 heavy (non-hydrogen) atoms. The van der Waals surface area contributed by atoms with Crippen LogP contribution in [0.1, 0.15) is 16.1 Å². The zero-order valence-electron chi connectivity index (χ0n) is 12.9. The maximum absolute atomic E-state index is 11.9. The summed E-state index contributed by atoms with van der Waals surface area (Å²) in [6.07, 6.45) is 0. The molecule has 0 atom stereocenters. The first-order valence-corrected chi connectivity index (χ1v) is 7.24. The van der Waals surface area contributed by atoms with Crippen LogP contribution in [-0.4, -0.2) is 24.3 Å². The van der Waals surface area contributed by atoms with Gasteiger partial charge in [0.2, 0.25) is 0 Å². The summed E-state index contributed by atoms with van der Waals surface area (Å²) < 4.78 is 9.80. The van der Waals surface area contributed by atoms with Gasteiger partial charge < -0.3 is 19.9 Å². The van der Waals surface area contributed by atoms with Crippen LogP contribution < -0.4 is 10.6 Å². The molecule has 0 fully saturated rings. The molecule has 1 heterocycles. The summed E-state index contributed by atoms with van der Waals surface area (Å²) in [6.45, 7) is 0.239. The molecule has 0 radical (unpaired) electrons. The molecule has 1 aromatic heterocycles. The second kappa shape index (κ2) is 6.82. The standard InChI is InChI=1S/C17H15N3O4/c1-23-16(21)11-6-8-12(9-7-11)19-17(22)18-10-14-13-4-2-3-5-15(13)24-20-14/h2-9H,10H2,1H3,(H2,18,19,22). The smallest absolute Gasteiger partial charge is 0.337 e. The molecule has 2 aromatic carbocycles. The van der Waals surface area contributed by atoms with E-state index in [1.54, 1.807) is 24.3 Å². The summed E-state index contributed by atoms with van der Waals surface area (Å²) in [4.78, 5) is 23.3. The predicted molar refractivity (Wildman–Crippen MR) is 87.6 cm³/mol. The van der Waals surface area contributed by atoms with Gasteiger partial charge in [0, 0.05) is 11.1 Å². The number of carbonyl (C=O) groups excluding carboxylic acids is 2. The number of urea groups is 1. The van der Waals surface area contributed by atoms with Crippen LogP contribution in [0.3, 0.4) is 0 Å². The highest BCUT2D eigenvalue weighted by molar-refractivity contribution is 5.92. The molecule has 0 bridgehead atoms. The van der Waals surface area contributed by atoms with Crippen molar-refractivity contribution in [3.05, 3.63) is 59.8 Å². The van der Waals surface area contributed by atoms with Crippen LogP contribution in [0.4, 0.5) is 10.5 Å². The van der Waals surface area contributed by atoms with E-state index in [1.807, 2.05) is 24.3 Å². The molecular weight excluding hydrogens is 310 g/mol. The van der Waals surface area contributed by atoms with E-state index < -0.39 is 5.97 Å². The molecule has 2 amide bonds. The lowest BCUT2D eigenvalue weighted by molar-refractivity contribution is 0.0601. The Balaban J connectivity index is 1.58. The zero-order valence-corrected chi connectivity index (χ0v) is 12.9. The normalized spacial score (nSPS) is 10.4. The second-order valence-electron chi connectivity index (χ2n) is 5.00. The summed E-state index contributed by atoms with van der Waals surface area (Å²) in [6, 6.07) is 13.4. The fraction of sp³-hybridized carbons (Fsp3) is 0.118. The van der Waals surface area contributed by atoms with Crippen molar-refractivity contribution in [3.8, 4) is 0 Å². The highest BCUT2D eigenvalue weighted by Crippen LogP contribution is 2.17. The third kappa shape index (κ3) is 3.35. The van der Waals surface area contributed by atoms with Crippen LogP contribution in [0, 0.1) is 0 Å². The number of carbonyl (C=O) groups is 2. The minimum atomic E-state index is -0.427. The molecule has 0 aliphatic heterocycles. The average Bonchev–Trinajstić information content (AvgIpc) is 3.03. The van der Waals surface area contributed by atoms with Crippen LogP contribution in [0.25, 0.3) is 11.0 Å². The highest BCUT2D eigenvalue weighted by Gasteiger charge is 2.09. The minimum Gasteiger partial charge on any atom is -0.465 e. The molecule has 3 rings (SSSR count). The lowest BCUT2D eigenvalue weighted by Crippen LogP contribution is -2.28. The Hall–Kier alpha value is -3.35. The molecule has 0 spiro atoms. The summed E-state index contributed by atoms with van der Waals surface area (Å²) in [5.74, 6) is -0.427. The Bertz CT molecular complexity index is 871. The summed E-state index contributed by atoms with van der Waals surface area (Å²) >= 11 is 0. The first-order valence-electron chi connectivity index (χ1n) is 7.24. The molecule has 2 N–H and O–H groups in total. The first kappa shape index (κ1) is 15.5. The summed E-state index contributed by atoms with van der Waals surface area (Å²) in [7, 11) is 1.32. The maximum atomic E-state index is 11.9. The number of anilines is 1. The number of benzene rings is 2. The summed E-state index contributed by atoms with van der Waals surface area (Å²) in [5, 5.41) is 10.2. The minimum absolute atomic E-state index is 0.239. The molecule has 0 aliphatic carbocycles. The van der Waals surface area contributed by atoms with Crippen molar-refractivity contribution in [2.75, 3.05) is 12.4 Å². The SMILES string of the molecule is COC(=O)c1ccc(NC(=O)NCc2noc3ccccc23)cc1. The first-order chi connectivity index (χ1) is 11.7. The largest absolute Gasteiger partial charge is 0.465 e. The molecule has 0 saturated carbocycles. The number of methoxy groups -OCH3 is 1. The molecule has 7 heteroatoms. The Morgan fingerprint density at radius 2 is 1.88 bits per heavy atom. The molecule has 0 saturated heterocycles. The fourth-order valence-corrected chi connectivity index (χ4v) is 2.21. The van der Waals surface area contributed by atoms with E-state index in [-0.39, 0.29) is 12.6 Å². The highest BCUT2D eigenvalue weighted by atomic mass is 16.5. The quantitative estimate of drug-likeness (QED) is 0.719. The lowest BCUT2D eigenvalue weighted by atomic mass is 10.2. The third-order valence-electron chi connectivity index (χ3n) is 3.43. The topological polar surface area (TPSA) is 93.5 Å². The third-order valence-corrected chi connectivity index (χ3v) is 3.43. The molecular formula is C17H15N3O4. The van der Waals surface area contributed by atoms with Crippen molar-refractivity contribution in [2.45, 2.75) is 6.54 Å². The van der Waals surface area contributed by atoms with Crippen molar-refractivity contribution in [2.24, 2.45) is 0 Å². The van der Waals surface area contributed by atoms with Gasteiger partial charge in [-0.15, -0.1) is 0 Å². The van der Waals surface area contributed by atoms with Crippen LogP contribution in [-0.2, 0) is 11.3 Å². The van der Waals surface area contributed by atoms with Crippen LogP contribution in [0.2, 0.25) is 0 Å². The monoisotopic (exact) mass is 325 g/mol. The number of amides is 2. The number of rotatable bonds is 4. The van der Waals surface area contributed by atoms with Gasteiger partial charge in [-0.3, -0.25) is 0 Å². The van der Waals surface area contributed by atoms with Gasteiger partial charge in [0.05, 0.1) is 19.2 Å². The van der Waals surface area contributed by atoms with E-state index in [4.69, 9.17) is 4.52 Å². The number of nitrogens with one attached hydrogen (secondary N) is 2. The molecule has 3 aromatic rings. The number of hydrogen-bond donors (Lipinski definition) is 2. The zero-order chi connectivity index (χ0) is 16.9. The van der Waals surface area contributed by atoms with Gasteiger partial charge in [0.25, 0.3) is 0 Å². The van der Waals surface area contributed by atoms with Gasteiger partial charge in [-0.25, -0.2) is 9.59 Å². The van der Waals surface area contributed by atoms with E-state index in [2.05, 4.69) is 20.5 Å². The van der Waals surface area contributed by atoms with E-state index >= 15 is 0 Å². The summed E-state index contributed by atoms with van der Waals surface area (Å²) in [5.41, 5.74) is 2.30. The molecule has 7 nitrogen and oxygen atoms in total. The molecule has 0 aliphatic rings. The van der Waals surface area contributed by atoms with Crippen molar-refractivity contribution in [1.29, 1.82) is 0 Å². The van der Waals surface area contributed by atoms with E-state index in [9.17, 15) is 9.59 Å². The number of para-hydroxylation sites is 1. The number of ether oxygens (including phenoxy) is 1. The van der Waals surface area contributed by atoms with E-state index in [1.165, 1.54) is 7.11 Å². The second-order valence-corrected chi connectivity index (χ2v) is 5.00. The Morgan fingerprint density at radius 1 is 1.12 bits per heavy atom. The Morgan fingerprint density at radius 3 is 2.62 bits per heavy atom. The molecule has 122 valence electrons. The van der Waals surface area contributed by atoms with Gasteiger partial charge in [-0.1, -0.05) is 17.3 Å². The average molecular weight is 325 g/mol. The van der Waals surface area contributed by atoms with E-state index in [0.717, 1.165) is 5.39 Å². The Labute approximate surface area is 137 Å². The number of hydrogen-bond acceptors (Lipinski definition) is 5. The number of aromatic nitrogens is 1. The van der Waals surface area contributed by atoms with Crippen molar-refractivity contribution in [1.82, 2.24) is 10.5 Å². The number of esters is 1. The number of fused-ring (bicyclic) bond motifs is 1. The van der Waals surface area contributed by atoms with Crippen molar-refractivity contribution >= 4 is 28.7 Å². The van der Waals surface area contributed by atoms with Crippen LogP contribution in [0.5, 0.6) is 0 Å². The fourth-order valence-electron chi connectivity index (χ4n) is 2.21. The van der Waals surface area contributed by atoms with Gasteiger partial charge in [-0.2, -0.15) is 0 Å². The van der Waals surface area contributed by atoms with Gasteiger partial charge >= 0.3 is 12.0 Å². The van der Waals surface area contributed by atoms with Crippen LogP contribution in [0.15, 0.2) is 53.1 Å². The van der Waals surface area contributed by atoms with E-state index in [0.29, 0.717) is 22.5 Å². The Kier molecular flexibility index (Phi) is 4.42. The molecule has 0 unspecified atom stereocenters.